The van der Waals surface area contributed by atoms with Crippen molar-refractivity contribution in [2.45, 2.75) is 19.9 Å². The Balaban J connectivity index is 1.54. The summed E-state index contributed by atoms with van der Waals surface area (Å²) in [5.74, 6) is -0.258. The molecule has 1 saturated heterocycles. The van der Waals surface area contributed by atoms with Gasteiger partial charge in [-0.3, -0.25) is 9.88 Å². The summed E-state index contributed by atoms with van der Waals surface area (Å²) in [6, 6.07) is 12.8. The SMILES string of the molecule is Cc1cc(N2CCc3c(cccc3N3CCOC3=O)C2)c2cc(F)ccc2n1. The van der Waals surface area contributed by atoms with Crippen molar-refractivity contribution in [3.8, 4) is 0 Å². The molecule has 0 saturated carbocycles. The van der Waals surface area contributed by atoms with Crippen molar-refractivity contribution in [1.82, 2.24) is 4.98 Å². The molecule has 0 N–H and O–H groups in total. The Morgan fingerprint density at radius 1 is 1.11 bits per heavy atom. The molecule has 0 unspecified atom stereocenters. The fraction of sp³-hybridized carbons (Fsp3) is 0.273. The second-order valence-corrected chi connectivity index (χ2v) is 7.30. The lowest BCUT2D eigenvalue weighted by atomic mass is 9.96. The highest BCUT2D eigenvalue weighted by atomic mass is 19.1. The number of ether oxygens (including phenoxy) is 1. The number of aromatic nitrogens is 1. The molecule has 3 heterocycles. The smallest absolute Gasteiger partial charge is 0.414 e. The second kappa shape index (κ2) is 6.48. The molecule has 0 radical (unpaired) electrons. The van der Waals surface area contributed by atoms with Gasteiger partial charge in [0, 0.05) is 29.9 Å². The lowest BCUT2D eigenvalue weighted by Gasteiger charge is -2.33. The van der Waals surface area contributed by atoms with Gasteiger partial charge in [0.1, 0.15) is 12.4 Å². The van der Waals surface area contributed by atoms with Gasteiger partial charge >= 0.3 is 6.09 Å². The monoisotopic (exact) mass is 377 g/mol. The minimum atomic E-state index is -0.276. The van der Waals surface area contributed by atoms with Crippen molar-refractivity contribution in [2.75, 3.05) is 29.5 Å². The minimum Gasteiger partial charge on any atom is -0.447 e. The zero-order valence-electron chi connectivity index (χ0n) is 15.6. The Kier molecular flexibility index (Phi) is 3.93. The van der Waals surface area contributed by atoms with Gasteiger partial charge in [-0.1, -0.05) is 12.1 Å². The standard InChI is InChI=1S/C22H20FN3O2/c1-14-11-21(18-12-16(23)5-6-19(18)24-14)25-8-7-17-15(13-25)3-2-4-20(17)26-9-10-28-22(26)27/h2-6,11-12H,7-10,13H2,1H3. The van der Waals surface area contributed by atoms with Crippen molar-refractivity contribution >= 4 is 28.4 Å². The summed E-state index contributed by atoms with van der Waals surface area (Å²) in [5.41, 5.74) is 6.03. The van der Waals surface area contributed by atoms with Gasteiger partial charge in [-0.05, 0) is 54.8 Å². The molecule has 2 aliphatic heterocycles. The number of benzene rings is 2. The number of carbonyl (C=O) groups is 1. The third-order valence-electron chi connectivity index (χ3n) is 5.51. The van der Waals surface area contributed by atoms with E-state index in [1.807, 2.05) is 25.1 Å². The number of pyridine rings is 1. The summed E-state index contributed by atoms with van der Waals surface area (Å²) in [4.78, 5) is 20.5. The third-order valence-corrected chi connectivity index (χ3v) is 5.51. The molecule has 1 aromatic heterocycles. The van der Waals surface area contributed by atoms with Gasteiger partial charge in [0.05, 0.1) is 17.7 Å². The summed E-state index contributed by atoms with van der Waals surface area (Å²) in [5, 5.41) is 0.827. The average molecular weight is 377 g/mol. The van der Waals surface area contributed by atoms with E-state index in [4.69, 9.17) is 4.74 Å². The number of hydrogen-bond donors (Lipinski definition) is 0. The molecule has 0 spiro atoms. The number of anilines is 2. The molecule has 2 aromatic carbocycles. The van der Waals surface area contributed by atoms with Gasteiger partial charge < -0.3 is 9.64 Å². The fourth-order valence-electron chi connectivity index (χ4n) is 4.23. The molecule has 0 atom stereocenters. The van der Waals surface area contributed by atoms with Gasteiger partial charge in [0.25, 0.3) is 0 Å². The Morgan fingerprint density at radius 2 is 2.00 bits per heavy atom. The van der Waals surface area contributed by atoms with Gasteiger partial charge in [0.15, 0.2) is 0 Å². The van der Waals surface area contributed by atoms with E-state index in [9.17, 15) is 9.18 Å². The first-order valence-electron chi connectivity index (χ1n) is 9.47. The Hall–Kier alpha value is -3.15. The number of halogens is 1. The van der Waals surface area contributed by atoms with Gasteiger partial charge in [-0.15, -0.1) is 0 Å². The van der Waals surface area contributed by atoms with Gasteiger partial charge in [-0.25, -0.2) is 9.18 Å². The van der Waals surface area contributed by atoms with Crippen molar-refractivity contribution < 1.29 is 13.9 Å². The largest absolute Gasteiger partial charge is 0.447 e. The molecule has 0 bridgehead atoms. The maximum atomic E-state index is 13.9. The second-order valence-electron chi connectivity index (χ2n) is 7.30. The highest BCUT2D eigenvalue weighted by molar-refractivity contribution is 5.93. The third kappa shape index (κ3) is 2.76. The van der Waals surface area contributed by atoms with Crippen LogP contribution in [0.5, 0.6) is 0 Å². The van der Waals surface area contributed by atoms with E-state index in [1.54, 1.807) is 17.0 Å². The van der Waals surface area contributed by atoms with E-state index in [-0.39, 0.29) is 11.9 Å². The van der Waals surface area contributed by atoms with Crippen molar-refractivity contribution in [1.29, 1.82) is 0 Å². The maximum absolute atomic E-state index is 13.9. The first-order chi connectivity index (χ1) is 13.6. The number of aryl methyl sites for hydroxylation is 1. The molecule has 0 aliphatic carbocycles. The van der Waals surface area contributed by atoms with Crippen LogP contribution in [0.15, 0.2) is 42.5 Å². The normalized spacial score (nSPS) is 16.4. The van der Waals surface area contributed by atoms with E-state index < -0.39 is 0 Å². The summed E-state index contributed by atoms with van der Waals surface area (Å²) in [6.45, 7) is 4.49. The predicted octanol–water partition coefficient (Wildman–Crippen LogP) is 4.20. The number of fused-ring (bicyclic) bond motifs is 2. The van der Waals surface area contributed by atoms with E-state index in [2.05, 4.69) is 16.0 Å². The molecule has 5 rings (SSSR count). The van der Waals surface area contributed by atoms with Gasteiger partial charge in [-0.2, -0.15) is 0 Å². The zero-order valence-corrected chi connectivity index (χ0v) is 15.6. The van der Waals surface area contributed by atoms with Crippen LogP contribution in [0.2, 0.25) is 0 Å². The molecular weight excluding hydrogens is 357 g/mol. The van der Waals surface area contributed by atoms with Crippen LogP contribution >= 0.6 is 0 Å². The molecule has 3 aromatic rings. The van der Waals surface area contributed by atoms with E-state index in [0.29, 0.717) is 19.7 Å². The molecule has 6 heteroatoms. The Morgan fingerprint density at radius 3 is 2.82 bits per heavy atom. The Labute approximate surface area is 162 Å². The molecule has 28 heavy (non-hydrogen) atoms. The van der Waals surface area contributed by atoms with Crippen molar-refractivity contribution in [3.05, 3.63) is 65.1 Å². The summed E-state index contributed by atoms with van der Waals surface area (Å²) in [7, 11) is 0. The van der Waals surface area contributed by atoms with Crippen LogP contribution in [0, 0.1) is 12.7 Å². The van der Waals surface area contributed by atoms with Crippen LogP contribution in [0.25, 0.3) is 10.9 Å². The predicted molar refractivity (Wildman–Crippen MR) is 106 cm³/mol. The zero-order chi connectivity index (χ0) is 19.3. The van der Waals surface area contributed by atoms with E-state index in [1.165, 1.54) is 17.2 Å². The molecular formula is C22H20FN3O2. The lowest BCUT2D eigenvalue weighted by Crippen LogP contribution is -2.33. The van der Waals surface area contributed by atoms with Gasteiger partial charge in [0.2, 0.25) is 0 Å². The van der Waals surface area contributed by atoms with E-state index in [0.717, 1.165) is 40.9 Å². The Bertz CT molecular complexity index is 1100. The average Bonchev–Trinajstić information content (AvgIpc) is 3.12. The first-order valence-corrected chi connectivity index (χ1v) is 9.47. The summed E-state index contributed by atoms with van der Waals surface area (Å²) >= 11 is 0. The molecule has 5 nitrogen and oxygen atoms in total. The summed E-state index contributed by atoms with van der Waals surface area (Å²) in [6.07, 6.45) is 0.537. The number of cyclic esters (lactones) is 1. The highest BCUT2D eigenvalue weighted by Crippen LogP contribution is 2.35. The van der Waals surface area contributed by atoms with Crippen LogP contribution in [0.3, 0.4) is 0 Å². The number of nitrogens with zero attached hydrogens (tertiary/aromatic N) is 3. The van der Waals surface area contributed by atoms with Crippen LogP contribution < -0.4 is 9.80 Å². The van der Waals surface area contributed by atoms with Crippen molar-refractivity contribution in [2.24, 2.45) is 0 Å². The maximum Gasteiger partial charge on any atom is 0.414 e. The fourth-order valence-corrected chi connectivity index (χ4v) is 4.23. The number of hydrogen-bond acceptors (Lipinski definition) is 4. The highest BCUT2D eigenvalue weighted by Gasteiger charge is 2.28. The van der Waals surface area contributed by atoms with Crippen LogP contribution in [0.4, 0.5) is 20.6 Å². The number of carbonyl (C=O) groups excluding carboxylic acids is 1. The quantitative estimate of drug-likeness (QED) is 0.671. The minimum absolute atomic E-state index is 0.258. The first kappa shape index (κ1) is 17.0. The topological polar surface area (TPSA) is 45.7 Å². The number of rotatable bonds is 2. The summed E-state index contributed by atoms with van der Waals surface area (Å²) < 4.78 is 19.0. The van der Waals surface area contributed by atoms with Crippen molar-refractivity contribution in [3.63, 3.8) is 0 Å². The molecule has 1 amide bonds. The molecule has 1 fully saturated rings. The van der Waals surface area contributed by atoms with Crippen LogP contribution in [-0.4, -0.2) is 30.8 Å². The molecule has 142 valence electrons. The van der Waals surface area contributed by atoms with E-state index >= 15 is 0 Å². The van der Waals surface area contributed by atoms with Crippen LogP contribution in [0.1, 0.15) is 16.8 Å². The molecule has 2 aliphatic rings. The van der Waals surface area contributed by atoms with Crippen LogP contribution in [-0.2, 0) is 17.7 Å². The lowest BCUT2D eigenvalue weighted by molar-refractivity contribution is 0.181. The number of amides is 1.